The maximum atomic E-state index is 13.2. The van der Waals surface area contributed by atoms with Crippen molar-refractivity contribution in [3.63, 3.8) is 0 Å². The monoisotopic (exact) mass is 356 g/mol. The molecule has 2 atom stereocenters. The third kappa shape index (κ3) is 2.89. The quantitative estimate of drug-likeness (QED) is 0.661. The van der Waals surface area contributed by atoms with Crippen LogP contribution in [0, 0.1) is 5.41 Å². The van der Waals surface area contributed by atoms with Gasteiger partial charge in [-0.2, -0.15) is 0 Å². The lowest BCUT2D eigenvalue weighted by Gasteiger charge is -2.33. The highest BCUT2D eigenvalue weighted by Gasteiger charge is 2.68. The number of rotatable bonds is 7. The molecule has 0 saturated carbocycles. The number of hydroxylamine groups is 2. The Hall–Kier alpha value is -1.65. The van der Waals surface area contributed by atoms with E-state index in [2.05, 4.69) is 6.92 Å². The number of ether oxygens (including phenoxy) is 1. The van der Waals surface area contributed by atoms with E-state index in [1.165, 1.54) is 5.06 Å². The van der Waals surface area contributed by atoms with Crippen LogP contribution in [0.2, 0.25) is 0 Å². The van der Waals surface area contributed by atoms with Crippen molar-refractivity contribution in [3.05, 3.63) is 41.5 Å². The predicted octanol–water partition coefficient (Wildman–Crippen LogP) is 4.78. The third-order valence-electron chi connectivity index (χ3n) is 5.96. The van der Waals surface area contributed by atoms with Gasteiger partial charge >= 0.3 is 5.97 Å². The van der Waals surface area contributed by atoms with Gasteiger partial charge in [0, 0.05) is 5.54 Å². The molecule has 1 aliphatic carbocycles. The summed E-state index contributed by atoms with van der Waals surface area (Å²) < 4.78 is 5.51. The van der Waals surface area contributed by atoms with Crippen molar-refractivity contribution in [1.29, 1.82) is 0 Å². The van der Waals surface area contributed by atoms with Gasteiger partial charge in [-0.25, -0.2) is 0 Å². The number of esters is 1. The summed E-state index contributed by atoms with van der Waals surface area (Å²) in [5, 5.41) is 14.3. The van der Waals surface area contributed by atoms with E-state index in [9.17, 15) is 10.0 Å². The normalized spacial score (nSPS) is 27.7. The first kappa shape index (κ1) is 19.1. The van der Waals surface area contributed by atoms with Crippen LogP contribution >= 0.6 is 0 Å². The van der Waals surface area contributed by atoms with Crippen molar-refractivity contribution in [3.8, 4) is 0 Å². The molecule has 1 aliphatic heterocycles. The van der Waals surface area contributed by atoms with Crippen LogP contribution in [0.5, 0.6) is 0 Å². The minimum atomic E-state index is -0.859. The Bertz CT molecular complexity index is 695. The number of benzene rings is 1. The van der Waals surface area contributed by atoms with Gasteiger partial charge in [0.1, 0.15) is 5.41 Å². The summed E-state index contributed by atoms with van der Waals surface area (Å²) in [5.74, 6) is -0.242. The molecule has 4 nitrogen and oxygen atoms in total. The minimum Gasteiger partial charge on any atom is -0.465 e. The predicted molar refractivity (Wildman–Crippen MR) is 102 cm³/mol. The highest BCUT2D eigenvalue weighted by molar-refractivity contribution is 6.10. The molecule has 2 unspecified atom stereocenters. The average molecular weight is 356 g/mol. The Morgan fingerprint density at radius 2 is 1.92 bits per heavy atom. The summed E-state index contributed by atoms with van der Waals surface area (Å²) in [6.07, 6.45) is 4.44. The van der Waals surface area contributed by atoms with E-state index in [-0.39, 0.29) is 12.0 Å². The fraction of sp³-hybridized carbons (Fsp3) is 0.591. The van der Waals surface area contributed by atoms with Crippen LogP contribution in [0.3, 0.4) is 0 Å². The van der Waals surface area contributed by atoms with Crippen LogP contribution in [0.4, 0.5) is 0 Å². The van der Waals surface area contributed by atoms with E-state index in [1.54, 1.807) is 0 Å². The minimum absolute atomic E-state index is 0.242. The van der Waals surface area contributed by atoms with Crippen LogP contribution < -0.4 is 0 Å². The number of carbonyl (C=O) groups is 1. The Morgan fingerprint density at radius 1 is 1.23 bits per heavy atom. The van der Waals surface area contributed by atoms with Crippen LogP contribution in [-0.4, -0.2) is 29.2 Å². The van der Waals surface area contributed by atoms with Crippen LogP contribution in [0.15, 0.2) is 35.9 Å². The molecule has 0 N–H and O–H groups in total. The number of hydrogen-bond acceptors (Lipinski definition) is 3. The number of nitrogens with zero attached hydrogens (tertiary/aromatic N) is 1. The van der Waals surface area contributed by atoms with E-state index in [0.29, 0.717) is 6.61 Å². The first-order chi connectivity index (χ1) is 12.4. The summed E-state index contributed by atoms with van der Waals surface area (Å²) in [5.41, 5.74) is 1.90. The smallest absolute Gasteiger partial charge is 0.322 e. The lowest BCUT2D eigenvalue weighted by Crippen LogP contribution is -2.48. The van der Waals surface area contributed by atoms with Gasteiger partial charge in [0.2, 0.25) is 0 Å². The number of unbranched alkanes of at least 4 members (excludes halogenated alkanes) is 1. The second kappa shape index (κ2) is 7.16. The number of hydrogen-bond donors (Lipinski definition) is 0. The summed E-state index contributed by atoms with van der Waals surface area (Å²) in [7, 11) is 0. The number of carbonyl (C=O) groups excluding carboxylic acids is 1. The Labute approximate surface area is 156 Å². The Morgan fingerprint density at radius 3 is 2.46 bits per heavy atom. The lowest BCUT2D eigenvalue weighted by atomic mass is 9.84. The van der Waals surface area contributed by atoms with E-state index in [1.807, 2.05) is 51.1 Å². The van der Waals surface area contributed by atoms with Gasteiger partial charge in [-0.3, -0.25) is 4.79 Å². The second-order valence-corrected chi connectivity index (χ2v) is 8.04. The molecule has 26 heavy (non-hydrogen) atoms. The summed E-state index contributed by atoms with van der Waals surface area (Å²) in [6.45, 7) is 8.24. The second-order valence-electron chi connectivity index (χ2n) is 8.04. The first-order valence-electron chi connectivity index (χ1n) is 9.84. The average Bonchev–Trinajstić information content (AvgIpc) is 3.21. The third-order valence-corrected chi connectivity index (χ3v) is 5.96. The molecule has 1 saturated heterocycles. The molecule has 3 rings (SSSR count). The zero-order valence-electron chi connectivity index (χ0n) is 16.4. The van der Waals surface area contributed by atoms with Crippen molar-refractivity contribution in [2.75, 3.05) is 6.61 Å². The Balaban J connectivity index is 2.05. The van der Waals surface area contributed by atoms with Gasteiger partial charge in [0.05, 0.1) is 12.6 Å². The molecule has 2 aliphatic rings. The zero-order valence-corrected chi connectivity index (χ0v) is 16.4. The van der Waals surface area contributed by atoms with E-state index in [0.717, 1.165) is 48.8 Å². The maximum absolute atomic E-state index is 13.2. The SMILES string of the molecule is CCCCC1=C(c2ccccc2)C1(C(=O)OCC)C1CCC(C)(C)N1[O]. The largest absolute Gasteiger partial charge is 0.465 e. The molecular formula is C22H30NO3. The van der Waals surface area contributed by atoms with Crippen LogP contribution in [-0.2, 0) is 14.7 Å². The van der Waals surface area contributed by atoms with E-state index < -0.39 is 11.0 Å². The van der Waals surface area contributed by atoms with Crippen molar-refractivity contribution in [2.24, 2.45) is 5.41 Å². The van der Waals surface area contributed by atoms with Gasteiger partial charge in [0.15, 0.2) is 0 Å². The summed E-state index contributed by atoms with van der Waals surface area (Å²) in [4.78, 5) is 13.2. The molecule has 4 heteroatoms. The fourth-order valence-electron chi connectivity index (χ4n) is 4.54. The molecule has 1 aromatic carbocycles. The van der Waals surface area contributed by atoms with Crippen molar-refractivity contribution < 1.29 is 14.7 Å². The molecule has 0 bridgehead atoms. The maximum Gasteiger partial charge on any atom is 0.322 e. The van der Waals surface area contributed by atoms with Crippen molar-refractivity contribution in [2.45, 2.75) is 71.4 Å². The highest BCUT2D eigenvalue weighted by Crippen LogP contribution is 2.66. The van der Waals surface area contributed by atoms with E-state index >= 15 is 0 Å². The van der Waals surface area contributed by atoms with Gasteiger partial charge in [-0.05, 0) is 63.2 Å². The van der Waals surface area contributed by atoms with Gasteiger partial charge < -0.3 is 4.74 Å². The van der Waals surface area contributed by atoms with Crippen molar-refractivity contribution in [1.82, 2.24) is 5.06 Å². The van der Waals surface area contributed by atoms with Crippen molar-refractivity contribution >= 4 is 11.5 Å². The van der Waals surface area contributed by atoms with E-state index in [4.69, 9.17) is 4.74 Å². The molecule has 0 spiro atoms. The molecule has 1 aromatic rings. The van der Waals surface area contributed by atoms with Gasteiger partial charge in [-0.1, -0.05) is 43.7 Å². The highest BCUT2D eigenvalue weighted by atomic mass is 16.5. The topological polar surface area (TPSA) is 49.4 Å². The lowest BCUT2D eigenvalue weighted by molar-refractivity contribution is -0.231. The molecule has 1 radical (unpaired) electrons. The van der Waals surface area contributed by atoms with Gasteiger partial charge in [0.25, 0.3) is 0 Å². The Kier molecular flexibility index (Phi) is 5.27. The van der Waals surface area contributed by atoms with Gasteiger partial charge in [-0.15, -0.1) is 10.3 Å². The fourth-order valence-corrected chi connectivity index (χ4v) is 4.54. The molecule has 1 heterocycles. The molecular weight excluding hydrogens is 326 g/mol. The molecule has 0 aromatic heterocycles. The zero-order chi connectivity index (χ0) is 18.9. The van der Waals surface area contributed by atoms with Crippen LogP contribution in [0.1, 0.15) is 65.4 Å². The molecule has 0 amide bonds. The standard InChI is InChI=1S/C22H30NO3/c1-5-7-13-17-19(16-11-9-8-10-12-16)22(17,20(24)26-6-2)18-14-15-21(3,4)23(18)25/h8-12,18H,5-7,13-15H2,1-4H3. The van der Waals surface area contributed by atoms with Crippen LogP contribution in [0.25, 0.3) is 5.57 Å². The summed E-state index contributed by atoms with van der Waals surface area (Å²) in [6, 6.07) is 9.67. The first-order valence-corrected chi connectivity index (χ1v) is 9.84. The molecule has 1 fully saturated rings. The molecule has 141 valence electrons. The summed E-state index contributed by atoms with van der Waals surface area (Å²) >= 11 is 0.